The van der Waals surface area contributed by atoms with E-state index >= 15 is 0 Å². The molecule has 0 aromatic heterocycles. The molecule has 1 aromatic rings. The number of nitrogens with one attached hydrogen (secondary N) is 1. The van der Waals surface area contributed by atoms with E-state index in [0.717, 1.165) is 32.5 Å². The van der Waals surface area contributed by atoms with Crippen molar-refractivity contribution in [1.82, 2.24) is 5.32 Å². The predicted octanol–water partition coefficient (Wildman–Crippen LogP) is 2.69. The first-order valence-electron chi connectivity index (χ1n) is 6.32. The molecule has 0 spiro atoms. The van der Waals surface area contributed by atoms with Gasteiger partial charge in [-0.05, 0) is 43.5 Å². The fourth-order valence-electron chi connectivity index (χ4n) is 2.25. The van der Waals surface area contributed by atoms with Crippen molar-refractivity contribution >= 4 is 0 Å². The second-order valence-corrected chi connectivity index (χ2v) is 4.35. The van der Waals surface area contributed by atoms with Gasteiger partial charge < -0.3 is 10.1 Å². The quantitative estimate of drug-likeness (QED) is 0.769. The minimum Gasteiger partial charge on any atom is -0.373 e. The minimum absolute atomic E-state index is 0.300. The Labute approximate surface area is 98.0 Å². The molecule has 0 amide bonds. The highest BCUT2D eigenvalue weighted by molar-refractivity contribution is 5.30. The van der Waals surface area contributed by atoms with Gasteiger partial charge in [-0.15, -0.1) is 0 Å². The lowest BCUT2D eigenvalue weighted by molar-refractivity contribution is 0.0368. The van der Waals surface area contributed by atoms with Crippen LogP contribution in [0.3, 0.4) is 0 Å². The van der Waals surface area contributed by atoms with Crippen LogP contribution in [0, 0.1) is 0 Å². The molecule has 1 unspecified atom stereocenters. The van der Waals surface area contributed by atoms with Gasteiger partial charge in [-0.1, -0.05) is 31.2 Å². The molecule has 1 N–H and O–H groups in total. The number of ether oxygens (including phenoxy) is 1. The van der Waals surface area contributed by atoms with Crippen molar-refractivity contribution < 1.29 is 4.74 Å². The van der Waals surface area contributed by atoms with Gasteiger partial charge in [0.25, 0.3) is 0 Å². The van der Waals surface area contributed by atoms with Crippen LogP contribution in [-0.2, 0) is 11.2 Å². The van der Waals surface area contributed by atoms with Crippen molar-refractivity contribution in [3.63, 3.8) is 0 Å². The van der Waals surface area contributed by atoms with Gasteiger partial charge in [0, 0.05) is 0 Å². The Kier molecular flexibility index (Phi) is 4.37. The molecule has 0 radical (unpaired) electrons. The van der Waals surface area contributed by atoms with Gasteiger partial charge in [0.15, 0.2) is 0 Å². The Morgan fingerprint density at radius 1 is 1.31 bits per heavy atom. The average Bonchev–Trinajstić information content (AvgIpc) is 2.35. The molecular weight excluding hydrogens is 198 g/mol. The molecular formula is C14H21NO. The Morgan fingerprint density at radius 2 is 2.19 bits per heavy atom. The Morgan fingerprint density at radius 3 is 3.06 bits per heavy atom. The molecule has 2 rings (SSSR count). The molecule has 0 saturated heterocycles. The molecule has 88 valence electrons. The maximum Gasteiger partial charge on any atom is 0.0839 e. The number of hydrogen-bond donors (Lipinski definition) is 1. The summed E-state index contributed by atoms with van der Waals surface area (Å²) >= 11 is 0. The van der Waals surface area contributed by atoms with E-state index in [9.17, 15) is 0 Å². The number of benzene rings is 1. The van der Waals surface area contributed by atoms with Crippen molar-refractivity contribution in [3.05, 3.63) is 35.4 Å². The summed E-state index contributed by atoms with van der Waals surface area (Å²) in [6.07, 6.45) is 3.64. The lowest BCUT2D eigenvalue weighted by Crippen LogP contribution is -2.22. The average molecular weight is 219 g/mol. The van der Waals surface area contributed by atoms with Crippen molar-refractivity contribution in [2.24, 2.45) is 0 Å². The molecule has 2 heteroatoms. The Balaban J connectivity index is 1.91. The highest BCUT2D eigenvalue weighted by Gasteiger charge is 2.19. The minimum atomic E-state index is 0.300. The van der Waals surface area contributed by atoms with Crippen LogP contribution >= 0.6 is 0 Å². The number of fused-ring (bicyclic) bond motifs is 1. The molecule has 16 heavy (non-hydrogen) atoms. The summed E-state index contributed by atoms with van der Waals surface area (Å²) in [6, 6.07) is 8.67. The molecule has 0 bridgehead atoms. The van der Waals surface area contributed by atoms with Crippen molar-refractivity contribution in [1.29, 1.82) is 0 Å². The molecule has 0 saturated carbocycles. The summed E-state index contributed by atoms with van der Waals surface area (Å²) < 4.78 is 5.84. The third-order valence-electron chi connectivity index (χ3n) is 3.10. The smallest absolute Gasteiger partial charge is 0.0839 e. The van der Waals surface area contributed by atoms with Gasteiger partial charge in [0.05, 0.1) is 12.7 Å². The molecule has 1 aliphatic rings. The standard InChI is InChI=1S/C14H21NO/c1-2-9-15-10-7-14-13-6-4-3-5-12(13)8-11-16-14/h3-6,14-15H,2,7-11H2,1H3. The third-order valence-corrected chi connectivity index (χ3v) is 3.10. The van der Waals surface area contributed by atoms with E-state index in [1.807, 2.05) is 0 Å². The number of hydrogen-bond acceptors (Lipinski definition) is 2. The summed E-state index contributed by atoms with van der Waals surface area (Å²) in [6.45, 7) is 5.22. The van der Waals surface area contributed by atoms with Gasteiger partial charge in [0.1, 0.15) is 0 Å². The molecule has 0 fully saturated rings. The maximum absolute atomic E-state index is 5.84. The molecule has 1 heterocycles. The van der Waals surface area contributed by atoms with Crippen LogP contribution in [0.1, 0.15) is 37.0 Å². The fraction of sp³-hybridized carbons (Fsp3) is 0.571. The lowest BCUT2D eigenvalue weighted by Gasteiger charge is -2.26. The summed E-state index contributed by atoms with van der Waals surface area (Å²) in [7, 11) is 0. The van der Waals surface area contributed by atoms with E-state index < -0.39 is 0 Å². The van der Waals surface area contributed by atoms with Crippen molar-refractivity contribution in [2.45, 2.75) is 32.3 Å². The summed E-state index contributed by atoms with van der Waals surface area (Å²) in [4.78, 5) is 0. The van der Waals surface area contributed by atoms with Gasteiger partial charge >= 0.3 is 0 Å². The molecule has 1 atom stereocenters. The second kappa shape index (κ2) is 6.02. The van der Waals surface area contributed by atoms with E-state index in [2.05, 4.69) is 36.5 Å². The molecule has 1 aliphatic heterocycles. The number of rotatable bonds is 5. The Hall–Kier alpha value is -0.860. The van der Waals surface area contributed by atoms with Crippen LogP contribution in [0.25, 0.3) is 0 Å². The highest BCUT2D eigenvalue weighted by Crippen LogP contribution is 2.28. The van der Waals surface area contributed by atoms with Crippen LogP contribution < -0.4 is 5.32 Å². The van der Waals surface area contributed by atoms with E-state index in [0.29, 0.717) is 6.10 Å². The van der Waals surface area contributed by atoms with Gasteiger partial charge in [-0.2, -0.15) is 0 Å². The van der Waals surface area contributed by atoms with Crippen molar-refractivity contribution in [2.75, 3.05) is 19.7 Å². The SMILES string of the molecule is CCCNCCC1OCCc2ccccc21. The lowest BCUT2D eigenvalue weighted by atomic mass is 9.96. The normalized spacial score (nSPS) is 19.4. The first-order chi connectivity index (χ1) is 7.92. The molecule has 1 aromatic carbocycles. The van der Waals surface area contributed by atoms with E-state index in [4.69, 9.17) is 4.74 Å². The predicted molar refractivity (Wildman–Crippen MR) is 66.6 cm³/mol. The second-order valence-electron chi connectivity index (χ2n) is 4.35. The first kappa shape index (κ1) is 11.6. The van der Waals surface area contributed by atoms with Crippen LogP contribution in [-0.4, -0.2) is 19.7 Å². The van der Waals surface area contributed by atoms with Crippen LogP contribution in [0.2, 0.25) is 0 Å². The molecule has 2 nitrogen and oxygen atoms in total. The van der Waals surface area contributed by atoms with Crippen LogP contribution in [0.5, 0.6) is 0 Å². The largest absolute Gasteiger partial charge is 0.373 e. The van der Waals surface area contributed by atoms with Crippen molar-refractivity contribution in [3.8, 4) is 0 Å². The topological polar surface area (TPSA) is 21.3 Å². The van der Waals surface area contributed by atoms with Crippen LogP contribution in [0.4, 0.5) is 0 Å². The maximum atomic E-state index is 5.84. The van der Waals surface area contributed by atoms with E-state index in [1.54, 1.807) is 0 Å². The Bertz CT molecular complexity index is 324. The van der Waals surface area contributed by atoms with E-state index in [1.165, 1.54) is 17.5 Å². The summed E-state index contributed by atoms with van der Waals surface area (Å²) in [5.41, 5.74) is 2.86. The van der Waals surface area contributed by atoms with Gasteiger partial charge in [-0.3, -0.25) is 0 Å². The summed E-state index contributed by atoms with van der Waals surface area (Å²) in [5.74, 6) is 0. The molecule has 0 aliphatic carbocycles. The third kappa shape index (κ3) is 2.83. The zero-order valence-corrected chi connectivity index (χ0v) is 10.0. The first-order valence-corrected chi connectivity index (χ1v) is 6.32. The highest BCUT2D eigenvalue weighted by atomic mass is 16.5. The van der Waals surface area contributed by atoms with Gasteiger partial charge in [0.2, 0.25) is 0 Å². The zero-order chi connectivity index (χ0) is 11.2. The summed E-state index contributed by atoms with van der Waals surface area (Å²) in [5, 5.41) is 3.43. The zero-order valence-electron chi connectivity index (χ0n) is 10.0. The van der Waals surface area contributed by atoms with E-state index in [-0.39, 0.29) is 0 Å². The van der Waals surface area contributed by atoms with Gasteiger partial charge in [-0.25, -0.2) is 0 Å². The van der Waals surface area contributed by atoms with Crippen LogP contribution in [0.15, 0.2) is 24.3 Å². The fourth-order valence-corrected chi connectivity index (χ4v) is 2.25. The monoisotopic (exact) mass is 219 g/mol.